The predicted octanol–water partition coefficient (Wildman–Crippen LogP) is 4.20. The van der Waals surface area contributed by atoms with Gasteiger partial charge in [0.15, 0.2) is 5.17 Å². The van der Waals surface area contributed by atoms with E-state index in [0.29, 0.717) is 10.1 Å². The first-order valence-corrected chi connectivity index (χ1v) is 8.38. The summed E-state index contributed by atoms with van der Waals surface area (Å²) in [4.78, 5) is 17.3. The Kier molecular flexibility index (Phi) is 4.71. The van der Waals surface area contributed by atoms with Crippen LogP contribution in [-0.4, -0.2) is 18.2 Å². The summed E-state index contributed by atoms with van der Waals surface area (Å²) >= 11 is 1.34. The number of amidine groups is 1. The highest BCUT2D eigenvalue weighted by molar-refractivity contribution is 8.18. The topological polar surface area (TPSA) is 50.7 Å². The number of aliphatic imine (C=N–C) groups is 1. The largest absolute Gasteiger partial charge is 0.497 e. The summed E-state index contributed by atoms with van der Waals surface area (Å²) in [5.41, 5.74) is 4.15. The third kappa shape index (κ3) is 3.68. The van der Waals surface area contributed by atoms with Crippen LogP contribution in [0.4, 0.5) is 5.69 Å². The fraction of sp³-hybridized carbons (Fsp3) is 0.158. The van der Waals surface area contributed by atoms with Crippen molar-refractivity contribution in [1.82, 2.24) is 5.32 Å². The number of thioether (sulfide) groups is 1. The minimum absolute atomic E-state index is 0.134. The maximum atomic E-state index is 12.1. The van der Waals surface area contributed by atoms with Gasteiger partial charge in [-0.2, -0.15) is 0 Å². The molecule has 3 rings (SSSR count). The highest BCUT2D eigenvalue weighted by atomic mass is 32.2. The molecule has 0 spiro atoms. The Morgan fingerprint density at radius 3 is 2.71 bits per heavy atom. The lowest BCUT2D eigenvalue weighted by Gasteiger charge is -2.01. The Hall–Kier alpha value is -2.53. The first-order valence-electron chi connectivity index (χ1n) is 7.56. The van der Waals surface area contributed by atoms with E-state index in [1.807, 2.05) is 55.5 Å². The third-order valence-electron chi connectivity index (χ3n) is 3.76. The van der Waals surface area contributed by atoms with E-state index in [0.717, 1.165) is 17.0 Å². The number of hydrogen-bond donors (Lipinski definition) is 1. The molecule has 0 unspecified atom stereocenters. The third-order valence-corrected chi connectivity index (χ3v) is 4.67. The molecule has 1 amide bonds. The molecule has 1 fully saturated rings. The summed E-state index contributed by atoms with van der Waals surface area (Å²) in [5.74, 6) is 0.627. The van der Waals surface area contributed by atoms with Crippen LogP contribution in [0.3, 0.4) is 0 Å². The van der Waals surface area contributed by atoms with Crippen molar-refractivity contribution in [3.05, 3.63) is 64.1 Å². The van der Waals surface area contributed by atoms with Gasteiger partial charge >= 0.3 is 0 Å². The second-order valence-electron chi connectivity index (χ2n) is 5.53. The number of amides is 1. The molecule has 4 nitrogen and oxygen atoms in total. The Balaban J connectivity index is 1.83. The molecule has 5 heteroatoms. The van der Waals surface area contributed by atoms with Gasteiger partial charge in [-0.05, 0) is 72.6 Å². The molecule has 2 aromatic carbocycles. The van der Waals surface area contributed by atoms with Crippen LogP contribution in [0, 0.1) is 13.8 Å². The minimum Gasteiger partial charge on any atom is -0.497 e. The zero-order chi connectivity index (χ0) is 17.1. The molecular weight excluding hydrogens is 320 g/mol. The van der Waals surface area contributed by atoms with Gasteiger partial charge in [-0.25, -0.2) is 4.99 Å². The molecule has 1 aliphatic rings. The van der Waals surface area contributed by atoms with E-state index in [-0.39, 0.29) is 5.91 Å². The van der Waals surface area contributed by atoms with E-state index in [1.54, 1.807) is 7.11 Å². The zero-order valence-corrected chi connectivity index (χ0v) is 14.6. The highest BCUT2D eigenvalue weighted by Gasteiger charge is 2.23. The number of ether oxygens (including phenoxy) is 1. The molecular formula is C19H18N2O2S. The summed E-state index contributed by atoms with van der Waals surface area (Å²) in [6, 6.07) is 13.6. The maximum Gasteiger partial charge on any atom is 0.264 e. The van der Waals surface area contributed by atoms with Crippen molar-refractivity contribution < 1.29 is 9.53 Å². The molecule has 0 atom stereocenters. The van der Waals surface area contributed by atoms with Gasteiger partial charge in [0.05, 0.1) is 17.7 Å². The Morgan fingerprint density at radius 1 is 1.12 bits per heavy atom. The minimum atomic E-state index is -0.134. The van der Waals surface area contributed by atoms with Crippen LogP contribution >= 0.6 is 11.8 Å². The van der Waals surface area contributed by atoms with Crippen molar-refractivity contribution in [2.75, 3.05) is 7.11 Å². The lowest BCUT2D eigenvalue weighted by molar-refractivity contribution is -0.115. The zero-order valence-electron chi connectivity index (χ0n) is 13.8. The van der Waals surface area contributed by atoms with Crippen molar-refractivity contribution in [3.63, 3.8) is 0 Å². The average Bonchev–Trinajstić information content (AvgIpc) is 2.90. The van der Waals surface area contributed by atoms with E-state index >= 15 is 0 Å². The molecule has 0 saturated carbocycles. The SMILES string of the molecule is COc1cccc(/C=C2/SC(=Nc3ccc(C)c(C)c3)NC2=O)c1. The average molecular weight is 338 g/mol. The molecule has 1 heterocycles. The lowest BCUT2D eigenvalue weighted by Crippen LogP contribution is -2.19. The Labute approximate surface area is 145 Å². The fourth-order valence-electron chi connectivity index (χ4n) is 2.28. The van der Waals surface area contributed by atoms with E-state index in [2.05, 4.69) is 17.2 Å². The molecule has 1 N–H and O–H groups in total. The Morgan fingerprint density at radius 2 is 1.96 bits per heavy atom. The molecule has 1 aliphatic heterocycles. The van der Waals surface area contributed by atoms with Crippen LogP contribution in [0.2, 0.25) is 0 Å². The fourth-order valence-corrected chi connectivity index (χ4v) is 3.12. The molecule has 2 aromatic rings. The molecule has 0 aliphatic carbocycles. The number of nitrogens with zero attached hydrogens (tertiary/aromatic N) is 1. The molecule has 1 saturated heterocycles. The highest BCUT2D eigenvalue weighted by Crippen LogP contribution is 2.29. The summed E-state index contributed by atoms with van der Waals surface area (Å²) in [6.45, 7) is 4.11. The summed E-state index contributed by atoms with van der Waals surface area (Å²) in [7, 11) is 1.62. The van der Waals surface area contributed by atoms with Gasteiger partial charge in [0.2, 0.25) is 0 Å². The van der Waals surface area contributed by atoms with Crippen LogP contribution < -0.4 is 10.1 Å². The van der Waals surface area contributed by atoms with Crippen LogP contribution in [0.25, 0.3) is 6.08 Å². The van der Waals surface area contributed by atoms with Crippen molar-refractivity contribution in [3.8, 4) is 5.75 Å². The molecule has 24 heavy (non-hydrogen) atoms. The predicted molar refractivity (Wildman–Crippen MR) is 99.7 cm³/mol. The number of carbonyl (C=O) groups excluding carboxylic acids is 1. The molecule has 122 valence electrons. The quantitative estimate of drug-likeness (QED) is 0.853. The van der Waals surface area contributed by atoms with Gasteiger partial charge < -0.3 is 10.1 Å². The molecule has 0 aromatic heterocycles. The molecule has 0 bridgehead atoms. The van der Waals surface area contributed by atoms with Gasteiger partial charge in [-0.1, -0.05) is 18.2 Å². The number of carbonyl (C=O) groups is 1. The standard InChI is InChI=1S/C19H18N2O2S/c1-12-7-8-15(9-13(12)2)20-19-21-18(22)17(24-19)11-14-5-4-6-16(10-14)23-3/h4-11H,1-3H3,(H,20,21,22)/b17-11+. The first-order chi connectivity index (χ1) is 11.5. The number of hydrogen-bond acceptors (Lipinski definition) is 4. The monoisotopic (exact) mass is 338 g/mol. The van der Waals surface area contributed by atoms with Gasteiger partial charge in [-0.3, -0.25) is 4.79 Å². The van der Waals surface area contributed by atoms with Crippen molar-refractivity contribution >= 4 is 34.6 Å². The first kappa shape index (κ1) is 16.3. The second-order valence-corrected chi connectivity index (χ2v) is 6.56. The number of methoxy groups -OCH3 is 1. The number of nitrogens with one attached hydrogen (secondary N) is 1. The van der Waals surface area contributed by atoms with Gasteiger partial charge in [0.1, 0.15) is 5.75 Å². The smallest absolute Gasteiger partial charge is 0.264 e. The Bertz CT molecular complexity index is 856. The normalized spacial score (nSPS) is 17.4. The van der Waals surface area contributed by atoms with E-state index in [4.69, 9.17) is 4.74 Å². The number of rotatable bonds is 3. The van der Waals surface area contributed by atoms with E-state index in [9.17, 15) is 4.79 Å². The van der Waals surface area contributed by atoms with Gasteiger partial charge in [0.25, 0.3) is 5.91 Å². The molecule has 0 radical (unpaired) electrons. The lowest BCUT2D eigenvalue weighted by atomic mass is 10.1. The summed E-state index contributed by atoms with van der Waals surface area (Å²) < 4.78 is 5.21. The van der Waals surface area contributed by atoms with Crippen molar-refractivity contribution in [2.45, 2.75) is 13.8 Å². The number of aryl methyl sites for hydroxylation is 2. The number of benzene rings is 2. The van der Waals surface area contributed by atoms with Crippen LogP contribution in [0.5, 0.6) is 5.75 Å². The second kappa shape index (κ2) is 6.93. The van der Waals surface area contributed by atoms with E-state index < -0.39 is 0 Å². The van der Waals surface area contributed by atoms with Crippen LogP contribution in [0.1, 0.15) is 16.7 Å². The summed E-state index contributed by atoms with van der Waals surface area (Å²) in [6.07, 6.45) is 1.84. The van der Waals surface area contributed by atoms with Crippen LogP contribution in [-0.2, 0) is 4.79 Å². The van der Waals surface area contributed by atoms with Gasteiger partial charge in [-0.15, -0.1) is 0 Å². The van der Waals surface area contributed by atoms with Crippen molar-refractivity contribution in [2.24, 2.45) is 4.99 Å². The summed E-state index contributed by atoms with van der Waals surface area (Å²) in [5, 5.41) is 3.40. The maximum absolute atomic E-state index is 12.1. The van der Waals surface area contributed by atoms with Crippen LogP contribution in [0.15, 0.2) is 52.4 Å². The van der Waals surface area contributed by atoms with Crippen molar-refractivity contribution in [1.29, 1.82) is 0 Å². The van der Waals surface area contributed by atoms with Gasteiger partial charge in [0, 0.05) is 0 Å². The van der Waals surface area contributed by atoms with E-state index in [1.165, 1.54) is 22.9 Å².